The predicted octanol–water partition coefficient (Wildman–Crippen LogP) is 1.88. The molecule has 0 amide bonds. The first-order chi connectivity index (χ1) is 9.72. The van der Waals surface area contributed by atoms with Crippen molar-refractivity contribution in [2.75, 3.05) is 14.2 Å². The Morgan fingerprint density at radius 2 is 2.05 bits per heavy atom. The van der Waals surface area contributed by atoms with Crippen molar-refractivity contribution in [1.82, 2.24) is 24.7 Å². The van der Waals surface area contributed by atoms with Gasteiger partial charge in [-0.25, -0.2) is 14.6 Å². The van der Waals surface area contributed by atoms with Gasteiger partial charge in [0.15, 0.2) is 0 Å². The third-order valence-electron chi connectivity index (χ3n) is 2.72. The summed E-state index contributed by atoms with van der Waals surface area (Å²) < 4.78 is 11.8. The van der Waals surface area contributed by atoms with Crippen LogP contribution in [0.4, 0.5) is 0 Å². The summed E-state index contributed by atoms with van der Waals surface area (Å²) in [6.07, 6.45) is 4.92. The summed E-state index contributed by atoms with van der Waals surface area (Å²) in [5, 5.41) is 5.53. The number of ether oxygens (including phenoxy) is 2. The van der Waals surface area contributed by atoms with Crippen molar-refractivity contribution >= 4 is 22.5 Å². The standard InChI is InChI=1S/C12H10ClN5O2/c1-19-11-9(5-15-12(16-11)20-2)18-6-7-8(17-18)3-4-14-10(7)13/h3-6H,1-2H3. The Kier molecular flexibility index (Phi) is 3.11. The maximum absolute atomic E-state index is 6.03. The van der Waals surface area contributed by atoms with Gasteiger partial charge in [0.05, 0.1) is 31.3 Å². The lowest BCUT2D eigenvalue weighted by atomic mass is 10.3. The molecule has 20 heavy (non-hydrogen) atoms. The lowest BCUT2D eigenvalue weighted by molar-refractivity contribution is 0.350. The normalized spacial score (nSPS) is 10.8. The average molecular weight is 292 g/mol. The van der Waals surface area contributed by atoms with E-state index in [1.807, 2.05) is 0 Å². The monoisotopic (exact) mass is 291 g/mol. The van der Waals surface area contributed by atoms with Gasteiger partial charge in [0.2, 0.25) is 5.88 Å². The summed E-state index contributed by atoms with van der Waals surface area (Å²) in [4.78, 5) is 12.2. The number of nitrogens with zero attached hydrogens (tertiary/aromatic N) is 5. The van der Waals surface area contributed by atoms with Crippen LogP contribution in [0.2, 0.25) is 5.15 Å². The van der Waals surface area contributed by atoms with Crippen molar-refractivity contribution in [2.24, 2.45) is 0 Å². The van der Waals surface area contributed by atoms with Crippen LogP contribution in [0, 0.1) is 0 Å². The highest BCUT2D eigenvalue weighted by Crippen LogP contribution is 2.25. The lowest BCUT2D eigenvalue weighted by Crippen LogP contribution is -2.03. The van der Waals surface area contributed by atoms with Gasteiger partial charge in [-0.05, 0) is 6.07 Å². The molecular formula is C12H10ClN5O2. The molecule has 3 aromatic rings. The predicted molar refractivity (Wildman–Crippen MR) is 72.6 cm³/mol. The fourth-order valence-electron chi connectivity index (χ4n) is 1.79. The molecule has 0 radical (unpaired) electrons. The largest absolute Gasteiger partial charge is 0.479 e. The Bertz CT molecular complexity index is 774. The zero-order valence-electron chi connectivity index (χ0n) is 10.7. The average Bonchev–Trinajstić information content (AvgIpc) is 2.92. The van der Waals surface area contributed by atoms with Gasteiger partial charge >= 0.3 is 6.01 Å². The van der Waals surface area contributed by atoms with Crippen molar-refractivity contribution in [1.29, 1.82) is 0 Å². The quantitative estimate of drug-likeness (QED) is 0.686. The highest BCUT2D eigenvalue weighted by molar-refractivity contribution is 6.34. The number of hydrogen-bond donors (Lipinski definition) is 0. The third kappa shape index (κ3) is 2.01. The van der Waals surface area contributed by atoms with E-state index < -0.39 is 0 Å². The zero-order chi connectivity index (χ0) is 14.1. The van der Waals surface area contributed by atoms with E-state index in [-0.39, 0.29) is 6.01 Å². The fraction of sp³-hybridized carbons (Fsp3) is 0.167. The van der Waals surface area contributed by atoms with Crippen LogP contribution in [0.25, 0.3) is 16.6 Å². The molecule has 3 aromatic heterocycles. The summed E-state index contributed by atoms with van der Waals surface area (Å²) >= 11 is 6.03. The molecule has 0 saturated heterocycles. The number of halogens is 1. The van der Waals surface area contributed by atoms with E-state index in [9.17, 15) is 0 Å². The van der Waals surface area contributed by atoms with E-state index in [0.717, 1.165) is 10.9 Å². The molecular weight excluding hydrogens is 282 g/mol. The Balaban J connectivity index is 2.17. The van der Waals surface area contributed by atoms with E-state index in [4.69, 9.17) is 21.1 Å². The molecule has 0 spiro atoms. The van der Waals surface area contributed by atoms with Crippen LogP contribution in [0.3, 0.4) is 0 Å². The second-order valence-corrected chi connectivity index (χ2v) is 4.22. The first-order valence-electron chi connectivity index (χ1n) is 5.68. The summed E-state index contributed by atoms with van der Waals surface area (Å²) in [6.45, 7) is 0. The van der Waals surface area contributed by atoms with Crippen molar-refractivity contribution < 1.29 is 9.47 Å². The van der Waals surface area contributed by atoms with Gasteiger partial charge in [-0.3, -0.25) is 0 Å². The summed E-state index contributed by atoms with van der Waals surface area (Å²) in [5.74, 6) is 0.355. The van der Waals surface area contributed by atoms with E-state index in [1.165, 1.54) is 14.2 Å². The van der Waals surface area contributed by atoms with Gasteiger partial charge in [-0.2, -0.15) is 10.1 Å². The van der Waals surface area contributed by atoms with Gasteiger partial charge < -0.3 is 9.47 Å². The first kappa shape index (κ1) is 12.6. The highest BCUT2D eigenvalue weighted by atomic mass is 35.5. The van der Waals surface area contributed by atoms with Crippen LogP contribution in [0.5, 0.6) is 11.9 Å². The van der Waals surface area contributed by atoms with E-state index >= 15 is 0 Å². The van der Waals surface area contributed by atoms with Crippen LogP contribution < -0.4 is 9.47 Å². The number of pyridine rings is 1. The number of aromatic nitrogens is 5. The Labute approximate surface area is 119 Å². The number of fused-ring (bicyclic) bond motifs is 1. The Morgan fingerprint density at radius 1 is 1.20 bits per heavy atom. The van der Waals surface area contributed by atoms with E-state index in [2.05, 4.69) is 20.1 Å². The Morgan fingerprint density at radius 3 is 2.75 bits per heavy atom. The molecule has 0 aliphatic rings. The van der Waals surface area contributed by atoms with Crippen LogP contribution in [0.15, 0.2) is 24.7 Å². The second kappa shape index (κ2) is 4.93. The summed E-state index contributed by atoms with van der Waals surface area (Å²) in [5.41, 5.74) is 1.31. The molecule has 0 atom stereocenters. The lowest BCUT2D eigenvalue weighted by Gasteiger charge is -2.07. The minimum atomic E-state index is 0.224. The van der Waals surface area contributed by atoms with Gasteiger partial charge in [0.1, 0.15) is 10.8 Å². The van der Waals surface area contributed by atoms with Crippen molar-refractivity contribution in [3.63, 3.8) is 0 Å². The summed E-state index contributed by atoms with van der Waals surface area (Å²) in [7, 11) is 3.01. The fourth-order valence-corrected chi connectivity index (χ4v) is 1.99. The number of rotatable bonds is 3. The van der Waals surface area contributed by atoms with Crippen LogP contribution in [0.1, 0.15) is 0 Å². The van der Waals surface area contributed by atoms with Crippen molar-refractivity contribution in [2.45, 2.75) is 0 Å². The van der Waals surface area contributed by atoms with E-state index in [1.54, 1.807) is 29.3 Å². The maximum atomic E-state index is 6.03. The van der Waals surface area contributed by atoms with Crippen LogP contribution in [-0.4, -0.2) is 39.0 Å². The van der Waals surface area contributed by atoms with Gasteiger partial charge in [0.25, 0.3) is 0 Å². The first-order valence-corrected chi connectivity index (χ1v) is 6.06. The number of methoxy groups -OCH3 is 2. The molecule has 3 heterocycles. The molecule has 102 valence electrons. The Hall–Kier alpha value is -2.41. The molecule has 0 fully saturated rings. The minimum absolute atomic E-state index is 0.224. The molecule has 0 bridgehead atoms. The van der Waals surface area contributed by atoms with Crippen LogP contribution >= 0.6 is 11.6 Å². The van der Waals surface area contributed by atoms with Gasteiger partial charge in [-0.1, -0.05) is 11.6 Å². The highest BCUT2D eigenvalue weighted by Gasteiger charge is 2.13. The molecule has 0 unspecified atom stereocenters. The SMILES string of the molecule is COc1ncc(-n2cc3c(Cl)nccc3n2)c(OC)n1. The zero-order valence-corrected chi connectivity index (χ0v) is 11.5. The molecule has 0 aliphatic heterocycles. The molecule has 0 aromatic carbocycles. The molecule has 0 aliphatic carbocycles. The third-order valence-corrected chi connectivity index (χ3v) is 3.02. The van der Waals surface area contributed by atoms with Crippen LogP contribution in [-0.2, 0) is 0 Å². The topological polar surface area (TPSA) is 75.0 Å². The second-order valence-electron chi connectivity index (χ2n) is 3.86. The molecule has 7 nitrogen and oxygen atoms in total. The molecule has 0 saturated carbocycles. The van der Waals surface area contributed by atoms with E-state index in [0.29, 0.717) is 16.7 Å². The van der Waals surface area contributed by atoms with Crippen molar-refractivity contribution in [3.05, 3.63) is 29.8 Å². The van der Waals surface area contributed by atoms with Gasteiger partial charge in [0, 0.05) is 12.4 Å². The summed E-state index contributed by atoms with van der Waals surface area (Å²) in [6, 6.07) is 2.00. The molecule has 0 N–H and O–H groups in total. The minimum Gasteiger partial charge on any atom is -0.479 e. The molecule has 8 heteroatoms. The van der Waals surface area contributed by atoms with Gasteiger partial charge in [-0.15, -0.1) is 0 Å². The number of hydrogen-bond acceptors (Lipinski definition) is 6. The molecule has 3 rings (SSSR count). The smallest absolute Gasteiger partial charge is 0.319 e. The maximum Gasteiger partial charge on any atom is 0.319 e. The van der Waals surface area contributed by atoms with Crippen molar-refractivity contribution in [3.8, 4) is 17.6 Å².